The number of hydrogen-bond donors (Lipinski definition) is 0. The standard InChI is InChI=1S/C21H14F3O3PS/c22-21(23,24)29(25,26)27-20-18(28)12-14-7-2-4-10-16(14)19(20)17-11-5-8-13-6-1-3-9-15(13)17/h1-12H,28H2. The van der Waals surface area contributed by atoms with E-state index in [-0.39, 0.29) is 16.6 Å². The van der Waals surface area contributed by atoms with Crippen molar-refractivity contribution >= 4 is 46.2 Å². The Morgan fingerprint density at radius 1 is 0.793 bits per heavy atom. The summed E-state index contributed by atoms with van der Waals surface area (Å²) >= 11 is 0. The predicted molar refractivity (Wildman–Crippen MR) is 112 cm³/mol. The van der Waals surface area contributed by atoms with Crippen LogP contribution in [0, 0.1) is 0 Å². The highest BCUT2D eigenvalue weighted by Crippen LogP contribution is 2.42. The van der Waals surface area contributed by atoms with Crippen LogP contribution in [0.3, 0.4) is 0 Å². The van der Waals surface area contributed by atoms with Crippen molar-refractivity contribution in [2.75, 3.05) is 0 Å². The lowest BCUT2D eigenvalue weighted by Crippen LogP contribution is -2.29. The monoisotopic (exact) mass is 434 g/mol. The van der Waals surface area contributed by atoms with Gasteiger partial charge in [0, 0.05) is 10.9 Å². The molecule has 3 nitrogen and oxygen atoms in total. The third kappa shape index (κ3) is 3.45. The largest absolute Gasteiger partial charge is 0.534 e. The molecule has 0 aliphatic carbocycles. The molecule has 0 amide bonds. The van der Waals surface area contributed by atoms with Gasteiger partial charge in [0.25, 0.3) is 0 Å². The fourth-order valence-corrected chi connectivity index (χ4v) is 4.27. The molecule has 8 heteroatoms. The van der Waals surface area contributed by atoms with Crippen molar-refractivity contribution < 1.29 is 25.8 Å². The molecular weight excluding hydrogens is 420 g/mol. The smallest absolute Gasteiger partial charge is 0.375 e. The molecule has 148 valence electrons. The Kier molecular flexibility index (Phi) is 4.75. The summed E-state index contributed by atoms with van der Waals surface area (Å²) in [5.74, 6) is -0.359. The van der Waals surface area contributed by atoms with Crippen molar-refractivity contribution in [1.29, 1.82) is 0 Å². The van der Waals surface area contributed by atoms with Gasteiger partial charge in [-0.05, 0) is 33.2 Å². The minimum atomic E-state index is -5.84. The van der Waals surface area contributed by atoms with Crippen LogP contribution in [0.25, 0.3) is 32.7 Å². The maximum atomic E-state index is 13.0. The van der Waals surface area contributed by atoms with Gasteiger partial charge in [0.15, 0.2) is 5.75 Å². The SMILES string of the molecule is O=S(=O)(Oc1c(P)cc2ccccc2c1-c1cccc2ccccc12)C(F)(F)F. The molecular formula is C21H14F3O3PS. The molecule has 0 aliphatic rings. The van der Waals surface area contributed by atoms with Gasteiger partial charge in [0.05, 0.1) is 0 Å². The lowest BCUT2D eigenvalue weighted by atomic mass is 9.93. The van der Waals surface area contributed by atoms with Crippen molar-refractivity contribution in [2.45, 2.75) is 5.51 Å². The van der Waals surface area contributed by atoms with E-state index in [2.05, 4.69) is 13.4 Å². The van der Waals surface area contributed by atoms with Gasteiger partial charge in [0.1, 0.15) is 0 Å². The summed E-state index contributed by atoms with van der Waals surface area (Å²) in [6, 6.07) is 21.4. The summed E-state index contributed by atoms with van der Waals surface area (Å²) in [5.41, 5.74) is -4.67. The Bertz CT molecular complexity index is 1340. The third-order valence-electron chi connectivity index (χ3n) is 4.57. The zero-order valence-electron chi connectivity index (χ0n) is 14.8. The van der Waals surface area contributed by atoms with Gasteiger partial charge < -0.3 is 4.18 Å². The molecule has 4 rings (SSSR count). The minimum absolute atomic E-state index is 0.208. The zero-order valence-corrected chi connectivity index (χ0v) is 16.7. The van der Waals surface area contributed by atoms with Gasteiger partial charge in [-0.3, -0.25) is 0 Å². The highest BCUT2D eigenvalue weighted by Gasteiger charge is 2.49. The quantitative estimate of drug-likeness (QED) is 0.247. The molecule has 0 saturated heterocycles. The molecule has 4 aromatic carbocycles. The van der Waals surface area contributed by atoms with E-state index in [9.17, 15) is 21.6 Å². The molecule has 0 radical (unpaired) electrons. The Morgan fingerprint density at radius 2 is 1.38 bits per heavy atom. The summed E-state index contributed by atoms with van der Waals surface area (Å²) in [6.45, 7) is 0. The first-order valence-corrected chi connectivity index (χ1v) is 10.5. The molecule has 0 aromatic heterocycles. The van der Waals surface area contributed by atoms with E-state index in [0.717, 1.165) is 16.2 Å². The minimum Gasteiger partial charge on any atom is -0.375 e. The summed E-state index contributed by atoms with van der Waals surface area (Å²) in [7, 11) is -3.57. The molecule has 1 atom stereocenters. The van der Waals surface area contributed by atoms with Gasteiger partial charge in [-0.15, -0.1) is 9.24 Å². The number of rotatable bonds is 3. The van der Waals surface area contributed by atoms with E-state index in [1.165, 1.54) is 0 Å². The summed E-state index contributed by atoms with van der Waals surface area (Å²) < 4.78 is 67.4. The van der Waals surface area contributed by atoms with Crippen LogP contribution in [0.2, 0.25) is 0 Å². The molecule has 0 heterocycles. The van der Waals surface area contributed by atoms with Gasteiger partial charge >= 0.3 is 15.6 Å². The van der Waals surface area contributed by atoms with Crippen LogP contribution in [-0.4, -0.2) is 13.9 Å². The molecule has 1 unspecified atom stereocenters. The maximum Gasteiger partial charge on any atom is 0.534 e. The number of benzene rings is 4. The predicted octanol–water partition coefficient (Wildman–Crippen LogP) is 5.39. The van der Waals surface area contributed by atoms with Crippen LogP contribution < -0.4 is 9.49 Å². The molecule has 0 bridgehead atoms. The van der Waals surface area contributed by atoms with Crippen molar-refractivity contribution in [3.63, 3.8) is 0 Å². The van der Waals surface area contributed by atoms with E-state index in [1.807, 2.05) is 30.3 Å². The zero-order chi connectivity index (χ0) is 20.8. The van der Waals surface area contributed by atoms with Gasteiger partial charge in [-0.2, -0.15) is 21.6 Å². The van der Waals surface area contributed by atoms with Crippen LogP contribution in [0.1, 0.15) is 0 Å². The van der Waals surface area contributed by atoms with Crippen LogP contribution in [-0.2, 0) is 10.1 Å². The van der Waals surface area contributed by atoms with E-state index < -0.39 is 15.6 Å². The van der Waals surface area contributed by atoms with Crippen molar-refractivity contribution in [1.82, 2.24) is 0 Å². The first kappa shape index (κ1) is 19.7. The summed E-state index contributed by atoms with van der Waals surface area (Å²) in [4.78, 5) is 0. The van der Waals surface area contributed by atoms with Crippen molar-refractivity contribution in [3.8, 4) is 16.9 Å². The summed E-state index contributed by atoms with van der Waals surface area (Å²) in [6.07, 6.45) is 0. The van der Waals surface area contributed by atoms with Crippen LogP contribution in [0.5, 0.6) is 5.75 Å². The Morgan fingerprint density at radius 3 is 2.07 bits per heavy atom. The molecule has 0 fully saturated rings. The molecule has 29 heavy (non-hydrogen) atoms. The van der Waals surface area contributed by atoms with E-state index in [0.29, 0.717) is 10.9 Å². The molecule has 0 N–H and O–H groups in total. The van der Waals surface area contributed by atoms with E-state index in [4.69, 9.17) is 0 Å². The average Bonchev–Trinajstić information content (AvgIpc) is 2.67. The number of halogens is 3. The Hall–Kier alpha value is -2.63. The van der Waals surface area contributed by atoms with Gasteiger partial charge in [-0.25, -0.2) is 0 Å². The van der Waals surface area contributed by atoms with Gasteiger partial charge in [0.2, 0.25) is 0 Å². The Balaban J connectivity index is 2.11. The topological polar surface area (TPSA) is 43.4 Å². The fourth-order valence-electron chi connectivity index (χ4n) is 3.31. The summed E-state index contributed by atoms with van der Waals surface area (Å²) in [5, 5.41) is 3.18. The highest BCUT2D eigenvalue weighted by atomic mass is 32.2. The average molecular weight is 434 g/mol. The first-order chi connectivity index (χ1) is 13.7. The molecule has 0 aliphatic heterocycles. The van der Waals surface area contributed by atoms with Crippen LogP contribution in [0.15, 0.2) is 72.8 Å². The number of fused-ring (bicyclic) bond motifs is 2. The molecule has 0 spiro atoms. The fraction of sp³-hybridized carbons (Fsp3) is 0.0476. The molecule has 4 aromatic rings. The van der Waals surface area contributed by atoms with Gasteiger partial charge in [-0.1, -0.05) is 66.7 Å². The normalized spacial score (nSPS) is 12.4. The van der Waals surface area contributed by atoms with Crippen molar-refractivity contribution in [3.05, 3.63) is 72.8 Å². The van der Waals surface area contributed by atoms with Crippen molar-refractivity contribution in [2.24, 2.45) is 0 Å². The van der Waals surface area contributed by atoms with E-state index in [1.54, 1.807) is 42.5 Å². The number of hydrogen-bond acceptors (Lipinski definition) is 3. The second-order valence-electron chi connectivity index (χ2n) is 6.40. The van der Waals surface area contributed by atoms with Crippen LogP contribution in [0.4, 0.5) is 13.2 Å². The van der Waals surface area contributed by atoms with Crippen LogP contribution >= 0.6 is 9.24 Å². The second-order valence-corrected chi connectivity index (χ2v) is 8.56. The lowest BCUT2D eigenvalue weighted by molar-refractivity contribution is -0.0499. The maximum absolute atomic E-state index is 13.0. The first-order valence-electron chi connectivity index (χ1n) is 8.49. The highest BCUT2D eigenvalue weighted by molar-refractivity contribution is 7.88. The lowest BCUT2D eigenvalue weighted by Gasteiger charge is -2.18. The number of alkyl halides is 3. The second kappa shape index (κ2) is 7.01. The van der Waals surface area contributed by atoms with E-state index >= 15 is 0 Å². The molecule has 0 saturated carbocycles. The third-order valence-corrected chi connectivity index (χ3v) is 5.95. The Labute approximate surface area is 167 Å².